The number of hydrogen-bond donors (Lipinski definition) is 4. The molecule has 0 aliphatic heterocycles. The van der Waals surface area contributed by atoms with Crippen molar-refractivity contribution in [1.29, 1.82) is 0 Å². The van der Waals surface area contributed by atoms with Gasteiger partial charge in [-0.2, -0.15) is 0 Å². The summed E-state index contributed by atoms with van der Waals surface area (Å²) in [5, 5.41) is 2.34. The number of aromatic nitrogens is 1. The van der Waals surface area contributed by atoms with Crippen LogP contribution < -0.4 is 16.2 Å². The fraction of sp³-hybridized carbons (Fsp3) is 0.200. The van der Waals surface area contributed by atoms with Crippen molar-refractivity contribution in [1.82, 2.24) is 21.2 Å². The van der Waals surface area contributed by atoms with Crippen molar-refractivity contribution >= 4 is 11.9 Å². The first-order valence-corrected chi connectivity index (χ1v) is 6.69. The van der Waals surface area contributed by atoms with E-state index < -0.39 is 6.03 Å². The predicted octanol–water partition coefficient (Wildman–Crippen LogP) is 1.57. The average Bonchev–Trinajstić information content (AvgIpc) is 3.00. The smallest absolute Gasteiger partial charge is 0.333 e. The van der Waals surface area contributed by atoms with Gasteiger partial charge in [-0.3, -0.25) is 10.2 Å². The van der Waals surface area contributed by atoms with Crippen LogP contribution in [0.4, 0.5) is 4.79 Å². The van der Waals surface area contributed by atoms with Crippen LogP contribution in [-0.2, 0) is 11.2 Å². The first kappa shape index (κ1) is 14.6. The maximum atomic E-state index is 11.5. The van der Waals surface area contributed by atoms with Gasteiger partial charge in [-0.1, -0.05) is 30.3 Å². The minimum atomic E-state index is -0.449. The average molecular weight is 286 g/mol. The summed E-state index contributed by atoms with van der Waals surface area (Å²) in [5.41, 5.74) is 7.67. The minimum absolute atomic E-state index is 0.241. The van der Waals surface area contributed by atoms with E-state index in [1.54, 1.807) is 0 Å². The van der Waals surface area contributed by atoms with Gasteiger partial charge in [0.1, 0.15) is 0 Å². The maximum absolute atomic E-state index is 11.5. The fourth-order valence-corrected chi connectivity index (χ4v) is 1.87. The first-order valence-electron chi connectivity index (χ1n) is 6.69. The zero-order chi connectivity index (χ0) is 15.1. The fourth-order valence-electron chi connectivity index (χ4n) is 1.87. The van der Waals surface area contributed by atoms with Gasteiger partial charge in [0.15, 0.2) is 0 Å². The molecular weight excluding hydrogens is 268 g/mol. The summed E-state index contributed by atoms with van der Waals surface area (Å²) >= 11 is 0. The Labute approximate surface area is 122 Å². The number of amides is 3. The summed E-state index contributed by atoms with van der Waals surface area (Å²) in [4.78, 5) is 25.7. The largest absolute Gasteiger partial charge is 0.358 e. The number of hydrazine groups is 1. The van der Waals surface area contributed by atoms with Crippen molar-refractivity contribution < 1.29 is 9.59 Å². The van der Waals surface area contributed by atoms with Crippen molar-refractivity contribution in [2.75, 3.05) is 7.05 Å². The molecule has 6 heteroatoms. The highest BCUT2D eigenvalue weighted by molar-refractivity contribution is 5.81. The van der Waals surface area contributed by atoms with E-state index in [1.165, 1.54) is 7.05 Å². The molecule has 0 spiro atoms. The van der Waals surface area contributed by atoms with Crippen molar-refractivity contribution in [3.05, 3.63) is 48.2 Å². The molecular formula is C15H18N4O2. The Hall–Kier alpha value is -2.76. The van der Waals surface area contributed by atoms with E-state index in [0.29, 0.717) is 12.8 Å². The van der Waals surface area contributed by atoms with Gasteiger partial charge in [-0.15, -0.1) is 0 Å². The number of nitrogens with one attached hydrogen (secondary N) is 4. The van der Waals surface area contributed by atoms with Gasteiger partial charge in [0.25, 0.3) is 0 Å². The number of benzene rings is 1. The van der Waals surface area contributed by atoms with E-state index in [0.717, 1.165) is 17.0 Å². The van der Waals surface area contributed by atoms with Crippen LogP contribution >= 0.6 is 0 Å². The Morgan fingerprint density at radius 3 is 2.52 bits per heavy atom. The SMILES string of the molecule is CNC(=O)NNC(=O)CCc1ccc(-c2ccccc2)[nH]1. The predicted molar refractivity (Wildman–Crippen MR) is 80.3 cm³/mol. The number of urea groups is 1. The van der Waals surface area contributed by atoms with Crippen LogP contribution in [0.2, 0.25) is 0 Å². The molecule has 0 fully saturated rings. The van der Waals surface area contributed by atoms with E-state index in [-0.39, 0.29) is 5.91 Å². The lowest BCUT2D eigenvalue weighted by Gasteiger charge is -2.05. The van der Waals surface area contributed by atoms with Crippen LogP contribution in [0.15, 0.2) is 42.5 Å². The molecule has 0 radical (unpaired) electrons. The summed E-state index contributed by atoms with van der Waals surface area (Å²) in [6, 6.07) is 13.5. The van der Waals surface area contributed by atoms with E-state index >= 15 is 0 Å². The number of H-pyrrole nitrogens is 1. The van der Waals surface area contributed by atoms with Gasteiger partial charge in [0, 0.05) is 24.9 Å². The van der Waals surface area contributed by atoms with Gasteiger partial charge in [-0.05, 0) is 24.1 Å². The molecule has 1 heterocycles. The van der Waals surface area contributed by atoms with Crippen LogP contribution in [-0.4, -0.2) is 24.0 Å². The molecule has 0 bridgehead atoms. The summed E-state index contributed by atoms with van der Waals surface area (Å²) in [7, 11) is 1.48. The van der Waals surface area contributed by atoms with Crippen LogP contribution in [0.25, 0.3) is 11.3 Å². The summed E-state index contributed by atoms with van der Waals surface area (Å²) in [6.45, 7) is 0. The second-order valence-corrected chi connectivity index (χ2v) is 4.52. The van der Waals surface area contributed by atoms with Crippen molar-refractivity contribution in [2.24, 2.45) is 0 Å². The van der Waals surface area contributed by atoms with Gasteiger partial charge in [0.05, 0.1) is 0 Å². The zero-order valence-corrected chi connectivity index (χ0v) is 11.8. The lowest BCUT2D eigenvalue weighted by atomic mass is 10.2. The highest BCUT2D eigenvalue weighted by Crippen LogP contribution is 2.18. The van der Waals surface area contributed by atoms with Gasteiger partial charge >= 0.3 is 6.03 Å². The third-order valence-corrected chi connectivity index (χ3v) is 3.00. The number of aryl methyl sites for hydroxylation is 1. The summed E-state index contributed by atoms with van der Waals surface area (Å²) in [5.74, 6) is -0.241. The van der Waals surface area contributed by atoms with Crippen LogP contribution in [0.1, 0.15) is 12.1 Å². The van der Waals surface area contributed by atoms with Crippen molar-refractivity contribution in [3.8, 4) is 11.3 Å². The molecule has 0 saturated carbocycles. The number of carbonyl (C=O) groups excluding carboxylic acids is 2. The third-order valence-electron chi connectivity index (χ3n) is 3.00. The highest BCUT2D eigenvalue weighted by atomic mass is 16.2. The topological polar surface area (TPSA) is 86.0 Å². The Kier molecular flexibility index (Phi) is 4.98. The molecule has 2 aromatic rings. The number of aromatic amines is 1. The standard InChI is InChI=1S/C15H18N4O2/c1-16-15(21)19-18-14(20)10-8-12-7-9-13(17-12)11-5-3-2-4-6-11/h2-7,9,17H,8,10H2,1H3,(H,18,20)(H2,16,19,21). The monoisotopic (exact) mass is 286 g/mol. The van der Waals surface area contributed by atoms with Crippen LogP contribution in [0, 0.1) is 0 Å². The molecule has 1 aromatic heterocycles. The van der Waals surface area contributed by atoms with E-state index in [9.17, 15) is 9.59 Å². The Balaban J connectivity index is 1.83. The Bertz CT molecular complexity index is 607. The molecule has 0 saturated heterocycles. The molecule has 6 nitrogen and oxygen atoms in total. The van der Waals surface area contributed by atoms with Gasteiger partial charge < -0.3 is 10.3 Å². The van der Waals surface area contributed by atoms with Crippen LogP contribution in [0.3, 0.4) is 0 Å². The lowest BCUT2D eigenvalue weighted by molar-refractivity contribution is -0.121. The number of hydrogen-bond acceptors (Lipinski definition) is 2. The van der Waals surface area contributed by atoms with Crippen molar-refractivity contribution in [2.45, 2.75) is 12.8 Å². The van der Waals surface area contributed by atoms with E-state index in [4.69, 9.17) is 0 Å². The number of rotatable bonds is 4. The highest BCUT2D eigenvalue weighted by Gasteiger charge is 2.06. The third kappa shape index (κ3) is 4.38. The van der Waals surface area contributed by atoms with E-state index in [2.05, 4.69) is 21.2 Å². The quantitative estimate of drug-likeness (QED) is 0.643. The molecule has 0 atom stereocenters. The zero-order valence-electron chi connectivity index (χ0n) is 11.8. The lowest BCUT2D eigenvalue weighted by Crippen LogP contribution is -2.45. The molecule has 1 aromatic carbocycles. The molecule has 0 unspecified atom stereocenters. The Morgan fingerprint density at radius 2 is 1.81 bits per heavy atom. The molecule has 21 heavy (non-hydrogen) atoms. The normalized spacial score (nSPS) is 9.95. The van der Waals surface area contributed by atoms with Gasteiger partial charge in [0.2, 0.25) is 5.91 Å². The van der Waals surface area contributed by atoms with Crippen LogP contribution in [0.5, 0.6) is 0 Å². The number of carbonyl (C=O) groups is 2. The molecule has 110 valence electrons. The summed E-state index contributed by atoms with van der Waals surface area (Å²) in [6.07, 6.45) is 0.868. The summed E-state index contributed by atoms with van der Waals surface area (Å²) < 4.78 is 0. The molecule has 3 amide bonds. The first-order chi connectivity index (χ1) is 10.2. The van der Waals surface area contributed by atoms with E-state index in [1.807, 2.05) is 42.5 Å². The molecule has 2 rings (SSSR count). The molecule has 0 aliphatic rings. The second-order valence-electron chi connectivity index (χ2n) is 4.52. The second kappa shape index (κ2) is 7.14. The van der Waals surface area contributed by atoms with Gasteiger partial charge in [-0.25, -0.2) is 10.2 Å². The molecule has 4 N–H and O–H groups in total. The minimum Gasteiger partial charge on any atom is -0.358 e. The maximum Gasteiger partial charge on any atom is 0.333 e. The van der Waals surface area contributed by atoms with Crippen molar-refractivity contribution in [3.63, 3.8) is 0 Å². The molecule has 0 aliphatic carbocycles. The Morgan fingerprint density at radius 1 is 1.05 bits per heavy atom.